The van der Waals surface area contributed by atoms with Crippen molar-refractivity contribution in [1.82, 2.24) is 15.3 Å². The van der Waals surface area contributed by atoms with Crippen molar-refractivity contribution in [2.45, 2.75) is 38.6 Å². The zero-order valence-corrected chi connectivity index (χ0v) is 14.0. The number of halogens is 1. The third-order valence-electron chi connectivity index (χ3n) is 4.14. The Kier molecular flexibility index (Phi) is 4.96. The maximum absolute atomic E-state index is 11.8. The number of hydrogen-bond donors (Lipinski definition) is 1. The molecule has 2 aromatic rings. The fraction of sp³-hybridized carbons (Fsp3) is 0.471. The third-order valence-corrected chi connectivity index (χ3v) is 4.38. The Morgan fingerprint density at radius 3 is 3.13 bits per heavy atom. The van der Waals surface area contributed by atoms with Crippen molar-refractivity contribution < 1.29 is 4.79 Å². The lowest BCUT2D eigenvalue weighted by molar-refractivity contribution is -0.121. The lowest BCUT2D eigenvalue weighted by Crippen LogP contribution is -2.48. The number of benzene rings is 1. The molecule has 1 aromatic carbocycles. The molecular formula is C17H21ClN4O. The molecule has 0 aliphatic carbocycles. The largest absolute Gasteiger partial charge is 0.354 e. The van der Waals surface area contributed by atoms with E-state index in [9.17, 15) is 4.79 Å². The molecule has 1 saturated heterocycles. The van der Waals surface area contributed by atoms with Gasteiger partial charge in [0.1, 0.15) is 12.1 Å². The number of anilines is 1. The van der Waals surface area contributed by atoms with Crippen LogP contribution in [0.3, 0.4) is 0 Å². The van der Waals surface area contributed by atoms with Gasteiger partial charge in [0.05, 0.1) is 5.52 Å². The fourth-order valence-corrected chi connectivity index (χ4v) is 3.25. The number of rotatable bonds is 4. The number of fused-ring (bicyclic) bond motifs is 1. The van der Waals surface area contributed by atoms with E-state index in [4.69, 9.17) is 11.6 Å². The van der Waals surface area contributed by atoms with Gasteiger partial charge < -0.3 is 10.2 Å². The summed E-state index contributed by atoms with van der Waals surface area (Å²) in [7, 11) is 0. The molecule has 0 radical (unpaired) electrons. The van der Waals surface area contributed by atoms with Crippen molar-refractivity contribution >= 4 is 34.2 Å². The van der Waals surface area contributed by atoms with E-state index in [2.05, 4.69) is 20.2 Å². The first-order valence-corrected chi connectivity index (χ1v) is 8.49. The summed E-state index contributed by atoms with van der Waals surface area (Å²) in [6, 6.07) is 5.86. The van der Waals surface area contributed by atoms with E-state index in [1.807, 2.05) is 25.1 Å². The Hall–Kier alpha value is -1.88. The molecule has 1 amide bonds. The van der Waals surface area contributed by atoms with Crippen molar-refractivity contribution in [2.75, 3.05) is 18.0 Å². The summed E-state index contributed by atoms with van der Waals surface area (Å²) >= 11 is 6.05. The Morgan fingerprint density at radius 1 is 1.43 bits per heavy atom. The highest BCUT2D eigenvalue weighted by atomic mass is 35.5. The second kappa shape index (κ2) is 7.13. The van der Waals surface area contributed by atoms with Gasteiger partial charge in [0.15, 0.2) is 0 Å². The normalized spacial score (nSPS) is 18.2. The summed E-state index contributed by atoms with van der Waals surface area (Å²) in [4.78, 5) is 22.8. The molecule has 1 aliphatic rings. The average Bonchev–Trinajstić information content (AvgIpc) is 2.54. The fourth-order valence-electron chi connectivity index (χ4n) is 3.08. The molecule has 2 heterocycles. The van der Waals surface area contributed by atoms with Gasteiger partial charge in [-0.3, -0.25) is 4.79 Å². The van der Waals surface area contributed by atoms with E-state index < -0.39 is 0 Å². The maximum atomic E-state index is 11.8. The van der Waals surface area contributed by atoms with Crippen LogP contribution in [0.25, 0.3) is 10.9 Å². The summed E-state index contributed by atoms with van der Waals surface area (Å²) in [5.41, 5.74) is 0.847. The van der Waals surface area contributed by atoms with Crippen molar-refractivity contribution in [3.05, 3.63) is 29.5 Å². The van der Waals surface area contributed by atoms with Gasteiger partial charge in [-0.15, -0.1) is 0 Å². The van der Waals surface area contributed by atoms with Crippen LogP contribution in [0.1, 0.15) is 32.6 Å². The molecule has 1 atom stereocenters. The lowest BCUT2D eigenvalue weighted by atomic mass is 10.0. The highest BCUT2D eigenvalue weighted by molar-refractivity contribution is 6.31. The van der Waals surface area contributed by atoms with Crippen LogP contribution < -0.4 is 10.2 Å². The van der Waals surface area contributed by atoms with Crippen molar-refractivity contribution in [3.8, 4) is 0 Å². The molecular weight excluding hydrogens is 312 g/mol. The number of carbonyl (C=O) groups excluding carboxylic acids is 1. The van der Waals surface area contributed by atoms with Crippen LogP contribution in [0.5, 0.6) is 0 Å². The zero-order valence-electron chi connectivity index (χ0n) is 13.3. The maximum Gasteiger partial charge on any atom is 0.220 e. The molecule has 122 valence electrons. The Morgan fingerprint density at radius 2 is 2.30 bits per heavy atom. The quantitative estimate of drug-likeness (QED) is 0.934. The number of amides is 1. The van der Waals surface area contributed by atoms with E-state index in [0.717, 1.165) is 49.1 Å². The van der Waals surface area contributed by atoms with Gasteiger partial charge in [0.2, 0.25) is 5.91 Å². The van der Waals surface area contributed by atoms with Crippen LogP contribution in [0.4, 0.5) is 5.82 Å². The smallest absolute Gasteiger partial charge is 0.220 e. The van der Waals surface area contributed by atoms with Gasteiger partial charge in [-0.05, 0) is 37.5 Å². The molecule has 0 spiro atoms. The predicted octanol–water partition coefficient (Wildman–Crippen LogP) is 3.17. The van der Waals surface area contributed by atoms with Crippen molar-refractivity contribution in [3.63, 3.8) is 0 Å². The van der Waals surface area contributed by atoms with Crippen LogP contribution in [0.2, 0.25) is 5.02 Å². The molecule has 1 aromatic heterocycles. The first-order valence-electron chi connectivity index (χ1n) is 8.12. The highest BCUT2D eigenvalue weighted by Crippen LogP contribution is 2.27. The van der Waals surface area contributed by atoms with Crippen LogP contribution in [0.15, 0.2) is 24.5 Å². The number of nitrogens with one attached hydrogen (secondary N) is 1. The number of hydrogen-bond acceptors (Lipinski definition) is 4. The van der Waals surface area contributed by atoms with E-state index in [0.29, 0.717) is 11.4 Å². The van der Waals surface area contributed by atoms with Crippen LogP contribution in [-0.4, -0.2) is 35.0 Å². The third kappa shape index (κ3) is 3.72. The van der Waals surface area contributed by atoms with Crippen molar-refractivity contribution in [2.24, 2.45) is 0 Å². The van der Waals surface area contributed by atoms with E-state index >= 15 is 0 Å². The van der Waals surface area contributed by atoms with Crippen LogP contribution in [0, 0.1) is 0 Å². The Balaban J connectivity index is 1.80. The van der Waals surface area contributed by atoms with E-state index in [-0.39, 0.29) is 11.9 Å². The summed E-state index contributed by atoms with van der Waals surface area (Å²) < 4.78 is 0. The Bertz CT molecular complexity index is 706. The predicted molar refractivity (Wildman–Crippen MR) is 92.8 cm³/mol. The van der Waals surface area contributed by atoms with Gasteiger partial charge in [-0.2, -0.15) is 0 Å². The number of piperidine rings is 1. The van der Waals surface area contributed by atoms with E-state index in [1.54, 1.807) is 6.33 Å². The second-order valence-electron chi connectivity index (χ2n) is 5.96. The first-order chi connectivity index (χ1) is 11.2. The highest BCUT2D eigenvalue weighted by Gasteiger charge is 2.23. The molecule has 1 unspecified atom stereocenters. The SMILES string of the molecule is CCCC(=O)NC1CCCN(c2ncnc3cc(Cl)ccc23)C1. The van der Waals surface area contributed by atoms with Gasteiger partial charge in [0.25, 0.3) is 0 Å². The van der Waals surface area contributed by atoms with Crippen molar-refractivity contribution in [1.29, 1.82) is 0 Å². The van der Waals surface area contributed by atoms with E-state index in [1.165, 1.54) is 0 Å². The molecule has 1 aliphatic heterocycles. The van der Waals surface area contributed by atoms with Gasteiger partial charge in [-0.1, -0.05) is 18.5 Å². The minimum Gasteiger partial charge on any atom is -0.354 e. The molecule has 3 rings (SSSR count). The molecule has 0 bridgehead atoms. The van der Waals surface area contributed by atoms with Crippen LogP contribution in [-0.2, 0) is 4.79 Å². The summed E-state index contributed by atoms with van der Waals surface area (Å²) in [6.45, 7) is 3.74. The molecule has 1 fully saturated rings. The lowest BCUT2D eigenvalue weighted by Gasteiger charge is -2.34. The standard InChI is InChI=1S/C17H21ClN4O/c1-2-4-16(23)21-13-5-3-8-22(10-13)17-14-7-6-12(18)9-15(14)19-11-20-17/h6-7,9,11,13H,2-5,8,10H2,1H3,(H,21,23). The van der Waals surface area contributed by atoms with Gasteiger partial charge >= 0.3 is 0 Å². The minimum absolute atomic E-state index is 0.138. The summed E-state index contributed by atoms with van der Waals surface area (Å²) in [5.74, 6) is 1.06. The molecule has 1 N–H and O–H groups in total. The summed E-state index contributed by atoms with van der Waals surface area (Å²) in [6.07, 6.45) is 5.09. The zero-order chi connectivity index (χ0) is 16.2. The minimum atomic E-state index is 0.138. The van der Waals surface area contributed by atoms with Gasteiger partial charge in [0, 0.05) is 36.0 Å². The molecule has 0 saturated carbocycles. The molecule has 6 heteroatoms. The topological polar surface area (TPSA) is 58.1 Å². The van der Waals surface area contributed by atoms with Gasteiger partial charge in [-0.25, -0.2) is 9.97 Å². The Labute approximate surface area is 141 Å². The molecule has 23 heavy (non-hydrogen) atoms. The molecule has 5 nitrogen and oxygen atoms in total. The average molecular weight is 333 g/mol. The van der Waals surface area contributed by atoms with Crippen LogP contribution >= 0.6 is 11.6 Å². The monoisotopic (exact) mass is 332 g/mol. The number of aromatic nitrogens is 2. The number of carbonyl (C=O) groups is 1. The second-order valence-corrected chi connectivity index (χ2v) is 6.40. The number of nitrogens with zero attached hydrogens (tertiary/aromatic N) is 3. The first kappa shape index (κ1) is 16.0. The summed E-state index contributed by atoms with van der Waals surface area (Å²) in [5, 5.41) is 4.80.